The molecule has 2 amide bonds. The van der Waals surface area contributed by atoms with Gasteiger partial charge in [-0.05, 0) is 23.6 Å². The summed E-state index contributed by atoms with van der Waals surface area (Å²) in [6.45, 7) is 4.62. The zero-order chi connectivity index (χ0) is 19.2. The van der Waals surface area contributed by atoms with Crippen LogP contribution in [0.1, 0.15) is 18.9 Å². The number of carbonyl (C=O) groups is 2. The molecule has 1 aliphatic rings. The molecule has 0 aliphatic carbocycles. The summed E-state index contributed by atoms with van der Waals surface area (Å²) < 4.78 is 0. The smallest absolute Gasteiger partial charge is 0.237 e. The van der Waals surface area contributed by atoms with Crippen molar-refractivity contribution in [2.75, 3.05) is 26.7 Å². The maximum atomic E-state index is 12.4. The molecule has 5 nitrogen and oxygen atoms in total. The highest BCUT2D eigenvalue weighted by atomic mass is 16.2. The maximum Gasteiger partial charge on any atom is 0.237 e. The minimum atomic E-state index is -0.408. The van der Waals surface area contributed by atoms with Gasteiger partial charge >= 0.3 is 0 Å². The zero-order valence-corrected chi connectivity index (χ0v) is 16.0. The largest absolute Gasteiger partial charge is 0.353 e. The number of piperazine rings is 1. The Bertz CT molecular complexity index is 774. The van der Waals surface area contributed by atoms with Crippen LogP contribution >= 0.6 is 0 Å². The SMILES string of the molecule is CCN(C)C(=O)CC1C(=O)NCCN1Cc1ccc(-c2ccccc2)cc1. The summed E-state index contributed by atoms with van der Waals surface area (Å²) in [6.07, 6.45) is 0.221. The Kier molecular flexibility index (Phi) is 6.24. The second kappa shape index (κ2) is 8.82. The number of rotatable bonds is 6. The van der Waals surface area contributed by atoms with Gasteiger partial charge in [-0.3, -0.25) is 14.5 Å². The van der Waals surface area contributed by atoms with Crippen molar-refractivity contribution in [3.8, 4) is 11.1 Å². The van der Waals surface area contributed by atoms with Crippen molar-refractivity contribution in [1.82, 2.24) is 15.1 Å². The van der Waals surface area contributed by atoms with Gasteiger partial charge in [0.1, 0.15) is 0 Å². The van der Waals surface area contributed by atoms with Crippen molar-refractivity contribution >= 4 is 11.8 Å². The molecule has 27 heavy (non-hydrogen) atoms. The van der Waals surface area contributed by atoms with Gasteiger partial charge in [0.25, 0.3) is 0 Å². The monoisotopic (exact) mass is 365 g/mol. The van der Waals surface area contributed by atoms with Gasteiger partial charge in [-0.2, -0.15) is 0 Å². The van der Waals surface area contributed by atoms with Crippen LogP contribution in [0.15, 0.2) is 54.6 Å². The highest BCUT2D eigenvalue weighted by molar-refractivity contribution is 5.88. The number of hydrogen-bond donors (Lipinski definition) is 1. The number of nitrogens with zero attached hydrogens (tertiary/aromatic N) is 2. The van der Waals surface area contributed by atoms with Gasteiger partial charge in [-0.25, -0.2) is 0 Å². The molecule has 2 aromatic carbocycles. The number of benzene rings is 2. The van der Waals surface area contributed by atoms with Crippen molar-refractivity contribution in [2.24, 2.45) is 0 Å². The van der Waals surface area contributed by atoms with Gasteiger partial charge < -0.3 is 10.2 Å². The van der Waals surface area contributed by atoms with E-state index < -0.39 is 6.04 Å². The Morgan fingerprint density at radius 3 is 2.44 bits per heavy atom. The topological polar surface area (TPSA) is 52.7 Å². The van der Waals surface area contributed by atoms with Crippen molar-refractivity contribution in [3.63, 3.8) is 0 Å². The highest BCUT2D eigenvalue weighted by Crippen LogP contribution is 2.21. The normalized spacial score (nSPS) is 17.4. The first-order valence-corrected chi connectivity index (χ1v) is 9.48. The van der Waals surface area contributed by atoms with Gasteiger partial charge in [0, 0.05) is 33.2 Å². The first-order chi connectivity index (χ1) is 13.1. The van der Waals surface area contributed by atoms with Gasteiger partial charge in [-0.15, -0.1) is 0 Å². The van der Waals surface area contributed by atoms with Crippen molar-refractivity contribution in [2.45, 2.75) is 25.9 Å². The lowest BCUT2D eigenvalue weighted by Gasteiger charge is -2.35. The predicted molar refractivity (Wildman–Crippen MR) is 107 cm³/mol. The third kappa shape index (κ3) is 4.74. The van der Waals surface area contributed by atoms with E-state index in [1.54, 1.807) is 11.9 Å². The Morgan fingerprint density at radius 2 is 1.78 bits per heavy atom. The average molecular weight is 365 g/mol. The van der Waals surface area contributed by atoms with Gasteiger partial charge in [0.05, 0.1) is 12.5 Å². The van der Waals surface area contributed by atoms with Crippen LogP contribution < -0.4 is 5.32 Å². The van der Waals surface area contributed by atoms with E-state index in [0.717, 1.165) is 12.1 Å². The van der Waals surface area contributed by atoms with Gasteiger partial charge in [-0.1, -0.05) is 54.6 Å². The fourth-order valence-corrected chi connectivity index (χ4v) is 3.34. The first kappa shape index (κ1) is 19.1. The quantitative estimate of drug-likeness (QED) is 0.856. The molecular weight excluding hydrogens is 338 g/mol. The molecule has 0 spiro atoms. The van der Waals surface area contributed by atoms with Crippen molar-refractivity contribution < 1.29 is 9.59 Å². The molecule has 1 fully saturated rings. The van der Waals surface area contributed by atoms with Crippen LogP contribution in [0.4, 0.5) is 0 Å². The second-order valence-corrected chi connectivity index (χ2v) is 6.95. The molecule has 0 aromatic heterocycles. The minimum absolute atomic E-state index is 0.00368. The number of carbonyl (C=O) groups excluding carboxylic acids is 2. The molecular formula is C22H27N3O2. The third-order valence-corrected chi connectivity index (χ3v) is 5.16. The summed E-state index contributed by atoms with van der Waals surface area (Å²) in [5.74, 6) is -0.0519. The van der Waals surface area contributed by atoms with E-state index in [0.29, 0.717) is 19.6 Å². The van der Waals surface area contributed by atoms with E-state index in [2.05, 4.69) is 46.6 Å². The van der Waals surface area contributed by atoms with Gasteiger partial charge in [0.2, 0.25) is 11.8 Å². The average Bonchev–Trinajstić information content (AvgIpc) is 2.71. The molecule has 1 aliphatic heterocycles. The molecule has 1 heterocycles. The standard InChI is InChI=1S/C22H27N3O2/c1-3-24(2)21(26)15-20-22(27)23-13-14-25(20)16-17-9-11-19(12-10-17)18-7-5-4-6-8-18/h4-12,20H,3,13-16H2,1-2H3,(H,23,27). The fourth-order valence-electron chi connectivity index (χ4n) is 3.34. The van der Waals surface area contributed by atoms with Gasteiger partial charge in [0.15, 0.2) is 0 Å². The molecule has 142 valence electrons. The summed E-state index contributed by atoms with van der Waals surface area (Å²) in [6, 6.07) is 18.3. The first-order valence-electron chi connectivity index (χ1n) is 9.48. The van der Waals surface area contributed by atoms with Crippen molar-refractivity contribution in [3.05, 3.63) is 60.2 Å². The molecule has 3 rings (SSSR count). The highest BCUT2D eigenvalue weighted by Gasteiger charge is 2.32. The summed E-state index contributed by atoms with van der Waals surface area (Å²) in [5, 5.41) is 2.89. The van der Waals surface area contributed by atoms with Crippen LogP contribution in [-0.2, 0) is 16.1 Å². The lowest BCUT2D eigenvalue weighted by atomic mass is 10.0. The molecule has 1 saturated heterocycles. The van der Waals surface area contributed by atoms with Crippen LogP contribution in [0.5, 0.6) is 0 Å². The summed E-state index contributed by atoms with van der Waals surface area (Å²) in [5.41, 5.74) is 3.50. The van der Waals surface area contributed by atoms with E-state index in [4.69, 9.17) is 0 Å². The summed E-state index contributed by atoms with van der Waals surface area (Å²) in [4.78, 5) is 28.4. The van der Waals surface area contributed by atoms with Crippen LogP contribution in [0, 0.1) is 0 Å². The number of nitrogens with one attached hydrogen (secondary N) is 1. The second-order valence-electron chi connectivity index (χ2n) is 6.95. The van der Waals surface area contributed by atoms with Crippen molar-refractivity contribution in [1.29, 1.82) is 0 Å². The number of hydrogen-bond acceptors (Lipinski definition) is 3. The Balaban J connectivity index is 1.70. The Hall–Kier alpha value is -2.66. The predicted octanol–water partition coefficient (Wildman–Crippen LogP) is 2.52. The molecule has 1 N–H and O–H groups in total. The molecule has 1 atom stereocenters. The van der Waals surface area contributed by atoms with Crippen LogP contribution in [-0.4, -0.2) is 54.3 Å². The molecule has 0 radical (unpaired) electrons. The van der Waals surface area contributed by atoms with Crippen LogP contribution in [0.3, 0.4) is 0 Å². The molecule has 2 aromatic rings. The van der Waals surface area contributed by atoms with Crippen LogP contribution in [0.25, 0.3) is 11.1 Å². The molecule has 0 saturated carbocycles. The lowest BCUT2D eigenvalue weighted by molar-refractivity contribution is -0.138. The third-order valence-electron chi connectivity index (χ3n) is 5.16. The maximum absolute atomic E-state index is 12.4. The summed E-state index contributed by atoms with van der Waals surface area (Å²) in [7, 11) is 1.77. The Morgan fingerprint density at radius 1 is 1.11 bits per heavy atom. The van der Waals surface area contributed by atoms with E-state index in [-0.39, 0.29) is 18.2 Å². The van der Waals surface area contributed by atoms with E-state index in [1.807, 2.05) is 25.1 Å². The Labute approximate surface area is 161 Å². The fraction of sp³-hybridized carbons (Fsp3) is 0.364. The molecule has 1 unspecified atom stereocenters. The van der Waals surface area contributed by atoms with E-state index >= 15 is 0 Å². The lowest BCUT2D eigenvalue weighted by Crippen LogP contribution is -2.56. The van der Waals surface area contributed by atoms with E-state index in [9.17, 15) is 9.59 Å². The summed E-state index contributed by atoms with van der Waals surface area (Å²) >= 11 is 0. The number of amides is 2. The molecule has 0 bridgehead atoms. The van der Waals surface area contributed by atoms with Crippen LogP contribution in [0.2, 0.25) is 0 Å². The zero-order valence-electron chi connectivity index (χ0n) is 16.0. The molecule has 5 heteroatoms. The van der Waals surface area contributed by atoms with E-state index in [1.165, 1.54) is 11.1 Å². The minimum Gasteiger partial charge on any atom is -0.353 e.